The first-order valence-electron chi connectivity index (χ1n) is 19.5. The van der Waals surface area contributed by atoms with Gasteiger partial charge in [-0.25, -0.2) is 0 Å². The van der Waals surface area contributed by atoms with Crippen LogP contribution in [-0.4, -0.2) is 9.38 Å². The minimum atomic E-state index is 0.0893. The van der Waals surface area contributed by atoms with E-state index >= 15 is 0 Å². The first kappa shape index (κ1) is 28.1. The zero-order valence-electron chi connectivity index (χ0n) is 29.4. The molecule has 0 saturated heterocycles. The predicted molar refractivity (Wildman–Crippen MR) is 215 cm³/mol. The van der Waals surface area contributed by atoms with Crippen molar-refractivity contribution in [1.82, 2.24) is 9.38 Å². The second-order valence-corrected chi connectivity index (χ2v) is 16.3. The van der Waals surface area contributed by atoms with Crippen molar-refractivity contribution < 1.29 is 4.42 Å². The number of hydrogen-bond donors (Lipinski definition) is 0. The molecule has 16 rings (SSSR count). The zero-order valence-corrected chi connectivity index (χ0v) is 29.4. The summed E-state index contributed by atoms with van der Waals surface area (Å²) >= 11 is 0. The number of benzene rings is 6. The van der Waals surface area contributed by atoms with Crippen LogP contribution in [0.2, 0.25) is 0 Å². The molecule has 6 aromatic carbocycles. The van der Waals surface area contributed by atoms with E-state index in [0.29, 0.717) is 11.8 Å². The summed E-state index contributed by atoms with van der Waals surface area (Å²) in [4.78, 5) is 5.44. The van der Waals surface area contributed by atoms with Gasteiger partial charge in [-0.3, -0.25) is 4.98 Å². The Morgan fingerprint density at radius 1 is 0.611 bits per heavy atom. The van der Waals surface area contributed by atoms with Gasteiger partial charge in [0.1, 0.15) is 11.2 Å². The van der Waals surface area contributed by atoms with Gasteiger partial charge in [-0.15, -0.1) is 0 Å². The molecule has 0 atom stereocenters. The van der Waals surface area contributed by atoms with E-state index in [1.165, 1.54) is 103 Å². The van der Waals surface area contributed by atoms with E-state index in [0.717, 1.165) is 44.1 Å². The maximum atomic E-state index is 10.7. The first-order chi connectivity index (χ1) is 26.8. The van der Waals surface area contributed by atoms with Gasteiger partial charge >= 0.3 is 0 Å². The third-order valence-electron chi connectivity index (χ3n) is 14.0. The van der Waals surface area contributed by atoms with E-state index in [1.807, 2.05) is 0 Å². The molecule has 0 amide bonds. The lowest BCUT2D eigenvalue weighted by Crippen LogP contribution is -2.28. The fourth-order valence-electron chi connectivity index (χ4n) is 12.1. The monoisotopic (exact) mass is 689 g/mol. The molecule has 4 nitrogen and oxygen atoms in total. The Morgan fingerprint density at radius 2 is 1.24 bits per heavy atom. The Labute approximate surface area is 310 Å². The lowest BCUT2D eigenvalue weighted by Gasteiger charge is -2.41. The van der Waals surface area contributed by atoms with Gasteiger partial charge in [-0.1, -0.05) is 84.9 Å². The molecule has 4 heterocycles. The summed E-state index contributed by atoms with van der Waals surface area (Å²) in [5.74, 6) is 1.13. The van der Waals surface area contributed by atoms with Gasteiger partial charge in [0, 0.05) is 43.8 Å². The summed E-state index contributed by atoms with van der Waals surface area (Å²) in [6.07, 6.45) is 6.92. The highest BCUT2D eigenvalue weighted by atomic mass is 16.3. The molecule has 0 radical (unpaired) electrons. The Kier molecular flexibility index (Phi) is 4.98. The van der Waals surface area contributed by atoms with E-state index in [9.17, 15) is 5.26 Å². The minimum absolute atomic E-state index is 0.0893. The second kappa shape index (κ2) is 9.56. The summed E-state index contributed by atoms with van der Waals surface area (Å²) in [5.41, 5.74) is 19.3. The van der Waals surface area contributed by atoms with E-state index < -0.39 is 0 Å². The first-order valence-corrected chi connectivity index (χ1v) is 19.5. The molecule has 0 unspecified atom stereocenters. The van der Waals surface area contributed by atoms with Crippen LogP contribution in [0.1, 0.15) is 99.6 Å². The van der Waals surface area contributed by atoms with Gasteiger partial charge in [-0.05, 0) is 106 Å². The summed E-state index contributed by atoms with van der Waals surface area (Å²) in [5, 5.41) is 18.2. The highest BCUT2D eigenvalue weighted by Gasteiger charge is 2.44. The number of nitriles is 1. The van der Waals surface area contributed by atoms with Crippen LogP contribution in [-0.2, 0) is 0 Å². The van der Waals surface area contributed by atoms with E-state index in [2.05, 4.69) is 126 Å². The van der Waals surface area contributed by atoms with Gasteiger partial charge in [0.25, 0.3) is 0 Å². The summed E-state index contributed by atoms with van der Waals surface area (Å²) in [7, 11) is 0. The van der Waals surface area contributed by atoms with Crippen LogP contribution in [0.15, 0.2) is 120 Å². The Balaban J connectivity index is 1.19. The van der Waals surface area contributed by atoms with Gasteiger partial charge in [-0.2, -0.15) is 5.26 Å². The highest BCUT2D eigenvalue weighted by molar-refractivity contribution is 6.27. The highest BCUT2D eigenvalue weighted by Crippen LogP contribution is 2.60. The lowest BCUT2D eigenvalue weighted by molar-refractivity contribution is 0.361. The predicted octanol–water partition coefficient (Wildman–Crippen LogP) is 12.4. The largest absolute Gasteiger partial charge is 0.455 e. The molecule has 6 aliphatic rings. The summed E-state index contributed by atoms with van der Waals surface area (Å²) in [6.45, 7) is 0. The molecule has 10 aromatic rings. The van der Waals surface area contributed by atoms with Crippen molar-refractivity contribution in [2.24, 2.45) is 0 Å². The van der Waals surface area contributed by atoms with Gasteiger partial charge < -0.3 is 8.82 Å². The number of furan rings is 1. The Hall–Kier alpha value is -6.44. The number of para-hydroxylation sites is 2. The van der Waals surface area contributed by atoms with E-state index in [-0.39, 0.29) is 11.8 Å². The van der Waals surface area contributed by atoms with Gasteiger partial charge in [0.05, 0.1) is 46.0 Å². The Bertz CT molecular complexity index is 3340. The normalized spacial score (nSPS) is 20.6. The van der Waals surface area contributed by atoms with Crippen molar-refractivity contribution in [3.8, 4) is 17.2 Å². The molecule has 0 spiro atoms. The van der Waals surface area contributed by atoms with Crippen molar-refractivity contribution in [3.63, 3.8) is 0 Å². The quantitative estimate of drug-likeness (QED) is 0.172. The topological polar surface area (TPSA) is 54.2 Å². The Morgan fingerprint density at radius 3 is 1.96 bits per heavy atom. The van der Waals surface area contributed by atoms with Crippen LogP contribution < -0.4 is 0 Å². The molecule has 1 saturated carbocycles. The fourth-order valence-corrected chi connectivity index (χ4v) is 12.1. The van der Waals surface area contributed by atoms with Crippen LogP contribution in [0.4, 0.5) is 0 Å². The molecule has 1 fully saturated rings. The molecule has 54 heavy (non-hydrogen) atoms. The average molecular weight is 690 g/mol. The minimum Gasteiger partial charge on any atom is -0.455 e. The molecule has 0 aliphatic heterocycles. The van der Waals surface area contributed by atoms with Crippen LogP contribution >= 0.6 is 0 Å². The molecule has 6 aliphatic carbocycles. The van der Waals surface area contributed by atoms with Crippen molar-refractivity contribution >= 4 is 60.0 Å². The number of rotatable bonds is 1. The third-order valence-corrected chi connectivity index (χ3v) is 14.0. The smallest absolute Gasteiger partial charge is 0.143 e. The summed E-state index contributed by atoms with van der Waals surface area (Å²) < 4.78 is 9.18. The maximum absolute atomic E-state index is 10.7. The van der Waals surface area contributed by atoms with E-state index in [1.54, 1.807) is 0 Å². The molecule has 4 heteroatoms. The van der Waals surface area contributed by atoms with Crippen LogP contribution in [0, 0.1) is 11.3 Å². The number of pyridine rings is 1. The molecule has 252 valence electrons. The van der Waals surface area contributed by atoms with Crippen LogP contribution in [0.5, 0.6) is 0 Å². The van der Waals surface area contributed by atoms with Crippen molar-refractivity contribution in [2.75, 3.05) is 0 Å². The maximum Gasteiger partial charge on any atom is 0.143 e. The number of fused-ring (bicyclic) bond motifs is 11. The van der Waals surface area contributed by atoms with Crippen molar-refractivity contribution in [1.29, 1.82) is 5.26 Å². The average Bonchev–Trinajstić information content (AvgIpc) is 3.90. The van der Waals surface area contributed by atoms with Crippen LogP contribution in [0.25, 0.3) is 71.2 Å². The van der Waals surface area contributed by atoms with E-state index in [4.69, 9.17) is 9.40 Å². The zero-order chi connectivity index (χ0) is 35.0. The van der Waals surface area contributed by atoms with Gasteiger partial charge in [0.2, 0.25) is 0 Å². The second-order valence-electron chi connectivity index (χ2n) is 16.3. The molecule has 4 aromatic heterocycles. The molecular weight excluding hydrogens is 659 g/mol. The molecular formula is C50H31N3O. The van der Waals surface area contributed by atoms with Crippen molar-refractivity contribution in [3.05, 3.63) is 166 Å². The standard InChI is InChI=1S/C50H31N3O/c51-23-28-22-38-45(42-26-18-16-25(17-19-26)41(28)42)36-20-27(29-13-7-14-35-30-8-5-6-15-40(30)54-50(29)35)21-37-46-39(53(38)49(36)37)24-52-48-44-33-11-3-1-9-31(33)43(47(46)48)32-10-2-4-12-34(32)44/h1-15,20-22,24-26,43-44H,16-19H2. The third kappa shape index (κ3) is 3.15. The SMILES string of the molecule is N#Cc1cc2c(c3c1C1CCC3CC1)c1cc(-c3cccc4c3oc3ccccc34)cc3c4c5c(ncc4n2c13)C1c2ccccc2C5c2ccccc21. The fraction of sp³-hybridized carbons (Fsp3) is 0.160. The molecule has 0 N–H and O–H groups in total. The molecule has 4 bridgehead atoms. The van der Waals surface area contributed by atoms with Crippen molar-refractivity contribution in [2.45, 2.75) is 49.4 Å². The summed E-state index contributed by atoms with van der Waals surface area (Å²) in [6, 6.07) is 42.8. The number of hydrogen-bond acceptors (Lipinski definition) is 3. The van der Waals surface area contributed by atoms with Gasteiger partial charge in [0.15, 0.2) is 0 Å². The lowest BCUT2D eigenvalue weighted by atomic mass is 9.62. The van der Waals surface area contributed by atoms with Crippen LogP contribution in [0.3, 0.4) is 0 Å². The number of nitrogens with zero attached hydrogens (tertiary/aromatic N) is 3. The number of aromatic nitrogens is 2.